The summed E-state index contributed by atoms with van der Waals surface area (Å²) in [5.74, 6) is -0.472. The van der Waals surface area contributed by atoms with Gasteiger partial charge in [-0.1, -0.05) is 12.1 Å². The monoisotopic (exact) mass is 359 g/mol. The first-order valence-corrected chi connectivity index (χ1v) is 8.19. The Morgan fingerprint density at radius 1 is 1.15 bits per heavy atom. The molecule has 1 aliphatic rings. The normalized spacial score (nSPS) is 15.2. The number of esters is 1. The quantitative estimate of drug-likeness (QED) is 0.768. The molecule has 0 unspecified atom stereocenters. The van der Waals surface area contributed by atoms with Gasteiger partial charge in [-0.3, -0.25) is 4.79 Å². The number of para-hydroxylation sites is 2. The van der Waals surface area contributed by atoms with Crippen molar-refractivity contribution in [1.29, 1.82) is 0 Å². The summed E-state index contributed by atoms with van der Waals surface area (Å²) in [5.41, 5.74) is 0.529. The average molecular weight is 359 g/mol. The summed E-state index contributed by atoms with van der Waals surface area (Å²) >= 11 is 0. The Hall–Kier alpha value is -3.09. The lowest BCUT2D eigenvalue weighted by molar-refractivity contribution is -0.157. The van der Waals surface area contributed by atoms with Gasteiger partial charge in [0.2, 0.25) is 6.10 Å². The van der Waals surface area contributed by atoms with Gasteiger partial charge in [-0.05, 0) is 43.3 Å². The summed E-state index contributed by atoms with van der Waals surface area (Å²) in [5, 5.41) is 0. The summed E-state index contributed by atoms with van der Waals surface area (Å²) in [6, 6.07) is 12.5. The van der Waals surface area contributed by atoms with Gasteiger partial charge in [0, 0.05) is 12.2 Å². The third-order valence-electron chi connectivity index (χ3n) is 3.86. The number of rotatable bonds is 5. The number of benzene rings is 2. The van der Waals surface area contributed by atoms with Gasteiger partial charge in [0.15, 0.2) is 18.1 Å². The van der Waals surface area contributed by atoms with Crippen LogP contribution in [0.4, 0.5) is 10.1 Å². The third kappa shape index (κ3) is 3.93. The van der Waals surface area contributed by atoms with Crippen LogP contribution in [-0.2, 0) is 14.3 Å². The van der Waals surface area contributed by atoms with E-state index < -0.39 is 30.4 Å². The highest BCUT2D eigenvalue weighted by molar-refractivity contribution is 5.95. The van der Waals surface area contributed by atoms with E-state index in [0.29, 0.717) is 23.7 Å². The van der Waals surface area contributed by atoms with Gasteiger partial charge in [0.05, 0.1) is 0 Å². The number of carbonyl (C=O) groups is 2. The van der Waals surface area contributed by atoms with E-state index in [1.165, 1.54) is 29.2 Å². The molecule has 1 atom stereocenters. The van der Waals surface area contributed by atoms with Crippen molar-refractivity contribution in [2.75, 3.05) is 24.7 Å². The number of carbonyl (C=O) groups excluding carboxylic acids is 2. The van der Waals surface area contributed by atoms with Gasteiger partial charge in [-0.2, -0.15) is 0 Å². The molecule has 1 aliphatic heterocycles. The molecule has 136 valence electrons. The van der Waals surface area contributed by atoms with E-state index in [1.54, 1.807) is 31.2 Å². The third-order valence-corrected chi connectivity index (χ3v) is 3.86. The lowest BCUT2D eigenvalue weighted by atomic mass is 10.2. The minimum Gasteiger partial charge on any atom is -0.485 e. The van der Waals surface area contributed by atoms with Gasteiger partial charge in [-0.15, -0.1) is 0 Å². The lowest BCUT2D eigenvalue weighted by Gasteiger charge is -2.25. The van der Waals surface area contributed by atoms with Crippen LogP contribution in [0.2, 0.25) is 0 Å². The summed E-state index contributed by atoms with van der Waals surface area (Å²) in [6.45, 7) is 1.71. The molecule has 0 bridgehead atoms. The molecule has 0 spiro atoms. The molecule has 0 saturated heterocycles. The van der Waals surface area contributed by atoms with Crippen LogP contribution in [0.25, 0.3) is 0 Å². The van der Waals surface area contributed by atoms with Crippen LogP contribution in [0.3, 0.4) is 0 Å². The second-order valence-electron chi connectivity index (χ2n) is 5.59. The molecule has 2 aromatic rings. The molecule has 0 aliphatic carbocycles. The summed E-state index contributed by atoms with van der Waals surface area (Å²) in [6.07, 6.45) is -0.932. The first-order chi connectivity index (χ1) is 12.6. The van der Waals surface area contributed by atoms with Crippen LogP contribution in [0.1, 0.15) is 6.92 Å². The molecule has 0 aromatic heterocycles. The maximum Gasteiger partial charge on any atom is 0.351 e. The number of likely N-dealkylation sites (N-methyl/N-ethyl adjacent to an activating group) is 1. The van der Waals surface area contributed by atoms with Crippen LogP contribution in [0, 0.1) is 5.82 Å². The second kappa shape index (κ2) is 7.86. The standard InChI is InChI=1S/C19H18FNO5/c1-2-21(14-9-7-13(20)8-10-14)18(22)12-25-19(23)17-11-24-15-5-3-4-6-16(15)26-17/h3-10,17H,2,11-12H2,1H3/t17-/m1/s1. The number of ether oxygens (including phenoxy) is 3. The highest BCUT2D eigenvalue weighted by atomic mass is 19.1. The molecule has 0 N–H and O–H groups in total. The van der Waals surface area contributed by atoms with E-state index in [9.17, 15) is 14.0 Å². The fraction of sp³-hybridized carbons (Fsp3) is 0.263. The predicted octanol–water partition coefficient (Wildman–Crippen LogP) is 2.56. The molecule has 7 heteroatoms. The Morgan fingerprint density at radius 2 is 1.85 bits per heavy atom. The fourth-order valence-corrected chi connectivity index (χ4v) is 2.56. The molecular formula is C19H18FNO5. The van der Waals surface area contributed by atoms with E-state index in [4.69, 9.17) is 14.2 Å². The zero-order valence-electron chi connectivity index (χ0n) is 14.2. The minimum atomic E-state index is -0.932. The number of halogens is 1. The largest absolute Gasteiger partial charge is 0.485 e. The maximum atomic E-state index is 13.0. The van der Waals surface area contributed by atoms with Crippen LogP contribution >= 0.6 is 0 Å². The zero-order chi connectivity index (χ0) is 18.5. The maximum absolute atomic E-state index is 13.0. The Labute approximate surface area is 150 Å². The number of fused-ring (bicyclic) bond motifs is 1. The average Bonchev–Trinajstić information content (AvgIpc) is 2.67. The van der Waals surface area contributed by atoms with E-state index in [-0.39, 0.29) is 6.61 Å². The summed E-state index contributed by atoms with van der Waals surface area (Å²) in [4.78, 5) is 25.9. The molecule has 0 radical (unpaired) electrons. The molecule has 0 saturated carbocycles. The smallest absolute Gasteiger partial charge is 0.351 e. The molecule has 6 nitrogen and oxygen atoms in total. The van der Waals surface area contributed by atoms with Gasteiger partial charge >= 0.3 is 5.97 Å². The Kier molecular flexibility index (Phi) is 5.36. The van der Waals surface area contributed by atoms with Crippen molar-refractivity contribution in [3.8, 4) is 11.5 Å². The SMILES string of the molecule is CCN(C(=O)COC(=O)[C@H]1COc2ccccc2O1)c1ccc(F)cc1. The Morgan fingerprint density at radius 3 is 2.54 bits per heavy atom. The molecule has 1 amide bonds. The predicted molar refractivity (Wildman–Crippen MR) is 91.7 cm³/mol. The van der Waals surface area contributed by atoms with Crippen molar-refractivity contribution in [3.05, 3.63) is 54.3 Å². The summed E-state index contributed by atoms with van der Waals surface area (Å²) < 4.78 is 29.1. The molecule has 2 aromatic carbocycles. The van der Waals surface area contributed by atoms with Crippen LogP contribution < -0.4 is 14.4 Å². The van der Waals surface area contributed by atoms with Crippen molar-refractivity contribution in [2.45, 2.75) is 13.0 Å². The van der Waals surface area contributed by atoms with E-state index in [0.717, 1.165) is 0 Å². The van der Waals surface area contributed by atoms with Gasteiger partial charge < -0.3 is 19.1 Å². The van der Waals surface area contributed by atoms with Crippen molar-refractivity contribution in [3.63, 3.8) is 0 Å². The van der Waals surface area contributed by atoms with Crippen LogP contribution in [0.5, 0.6) is 11.5 Å². The van der Waals surface area contributed by atoms with Gasteiger partial charge in [0.25, 0.3) is 5.91 Å². The minimum absolute atomic E-state index is 0.0134. The number of nitrogens with zero attached hydrogens (tertiary/aromatic N) is 1. The molecule has 3 rings (SSSR count). The van der Waals surface area contributed by atoms with Crippen LogP contribution in [0.15, 0.2) is 48.5 Å². The first kappa shape index (κ1) is 17.7. The van der Waals surface area contributed by atoms with Crippen molar-refractivity contribution < 1.29 is 28.2 Å². The lowest BCUT2D eigenvalue weighted by Crippen LogP contribution is -2.40. The topological polar surface area (TPSA) is 65.1 Å². The van der Waals surface area contributed by atoms with E-state index in [2.05, 4.69) is 0 Å². The molecular weight excluding hydrogens is 341 g/mol. The number of hydrogen-bond donors (Lipinski definition) is 0. The zero-order valence-corrected chi connectivity index (χ0v) is 14.2. The number of anilines is 1. The summed E-state index contributed by atoms with van der Waals surface area (Å²) in [7, 11) is 0. The molecule has 26 heavy (non-hydrogen) atoms. The van der Waals surface area contributed by atoms with Gasteiger partial charge in [0.1, 0.15) is 12.4 Å². The molecule has 0 fully saturated rings. The van der Waals surface area contributed by atoms with Crippen molar-refractivity contribution >= 4 is 17.6 Å². The van der Waals surface area contributed by atoms with Crippen molar-refractivity contribution in [2.24, 2.45) is 0 Å². The number of amides is 1. The Balaban J connectivity index is 1.57. The van der Waals surface area contributed by atoms with Crippen molar-refractivity contribution in [1.82, 2.24) is 0 Å². The van der Waals surface area contributed by atoms with Gasteiger partial charge in [-0.25, -0.2) is 9.18 Å². The Bertz CT molecular complexity index is 793. The number of hydrogen-bond acceptors (Lipinski definition) is 5. The second-order valence-corrected chi connectivity index (χ2v) is 5.59. The first-order valence-electron chi connectivity index (χ1n) is 8.19. The highest BCUT2D eigenvalue weighted by Gasteiger charge is 2.29. The highest BCUT2D eigenvalue weighted by Crippen LogP contribution is 2.31. The fourth-order valence-electron chi connectivity index (χ4n) is 2.56. The van der Waals surface area contributed by atoms with E-state index >= 15 is 0 Å². The van der Waals surface area contributed by atoms with E-state index in [1.807, 2.05) is 0 Å². The van der Waals surface area contributed by atoms with Crippen LogP contribution in [-0.4, -0.2) is 37.7 Å². The molecule has 1 heterocycles.